The van der Waals surface area contributed by atoms with E-state index in [0.29, 0.717) is 25.0 Å². The lowest BCUT2D eigenvalue weighted by Gasteiger charge is -2.37. The molecule has 24 heavy (non-hydrogen) atoms. The predicted molar refractivity (Wildman–Crippen MR) is 100 cm³/mol. The molecule has 0 saturated carbocycles. The number of piperidine rings is 1. The Kier molecular flexibility index (Phi) is 6.33. The summed E-state index contributed by atoms with van der Waals surface area (Å²) in [5, 5.41) is 14.7. The van der Waals surface area contributed by atoms with E-state index in [0.717, 1.165) is 49.2 Å². The molecule has 0 radical (unpaired) electrons. The van der Waals surface area contributed by atoms with Gasteiger partial charge in [0.1, 0.15) is 5.60 Å². The molecule has 0 spiro atoms. The summed E-state index contributed by atoms with van der Waals surface area (Å²) in [4.78, 5) is 2.58. The van der Waals surface area contributed by atoms with E-state index >= 15 is 0 Å². The molecular formula is C19H29BrN2O2. The molecule has 2 saturated heterocycles. The van der Waals surface area contributed by atoms with E-state index in [4.69, 9.17) is 4.74 Å². The third-order valence-corrected chi connectivity index (χ3v) is 6.13. The van der Waals surface area contributed by atoms with Gasteiger partial charge >= 0.3 is 0 Å². The number of hydrogen-bond acceptors (Lipinski definition) is 4. The van der Waals surface area contributed by atoms with Crippen molar-refractivity contribution in [2.45, 2.75) is 50.3 Å². The average molecular weight is 397 g/mol. The lowest BCUT2D eigenvalue weighted by Crippen LogP contribution is -2.49. The Morgan fingerprint density at radius 3 is 2.54 bits per heavy atom. The zero-order valence-electron chi connectivity index (χ0n) is 14.5. The SMILES string of the molecule is CCC(O)(CNC1CCN(C2CCOC2)CC1)c1ccc(Br)cc1. The van der Waals surface area contributed by atoms with Gasteiger partial charge in [0.2, 0.25) is 0 Å². The van der Waals surface area contributed by atoms with Crippen LogP contribution in [-0.4, -0.2) is 54.9 Å². The van der Waals surface area contributed by atoms with Gasteiger partial charge in [-0.3, -0.25) is 4.90 Å². The maximum absolute atomic E-state index is 11.0. The van der Waals surface area contributed by atoms with Gasteiger partial charge in [0.25, 0.3) is 0 Å². The first-order valence-electron chi connectivity index (χ1n) is 9.14. The minimum absolute atomic E-state index is 0.497. The van der Waals surface area contributed by atoms with Gasteiger partial charge in [0, 0.05) is 42.8 Å². The highest BCUT2D eigenvalue weighted by atomic mass is 79.9. The Bertz CT molecular complexity index is 511. The van der Waals surface area contributed by atoms with Crippen molar-refractivity contribution in [1.82, 2.24) is 10.2 Å². The molecule has 2 heterocycles. The van der Waals surface area contributed by atoms with Crippen LogP contribution in [-0.2, 0) is 10.3 Å². The Morgan fingerprint density at radius 2 is 1.96 bits per heavy atom. The van der Waals surface area contributed by atoms with Crippen LogP contribution in [0.4, 0.5) is 0 Å². The van der Waals surface area contributed by atoms with Gasteiger partial charge in [0.05, 0.1) is 6.61 Å². The molecule has 1 aromatic carbocycles. The second-order valence-corrected chi connectivity index (χ2v) is 8.02. The molecule has 0 aliphatic carbocycles. The normalized spacial score (nSPS) is 25.7. The highest BCUT2D eigenvalue weighted by Gasteiger charge is 2.31. The third kappa shape index (κ3) is 4.38. The van der Waals surface area contributed by atoms with Gasteiger partial charge in [-0.2, -0.15) is 0 Å². The lowest BCUT2D eigenvalue weighted by atomic mass is 9.90. The van der Waals surface area contributed by atoms with Gasteiger partial charge < -0.3 is 15.2 Å². The predicted octanol–water partition coefficient (Wildman–Crippen LogP) is 2.89. The largest absolute Gasteiger partial charge is 0.384 e. The number of nitrogens with one attached hydrogen (secondary N) is 1. The number of benzene rings is 1. The molecular weight excluding hydrogens is 368 g/mol. The van der Waals surface area contributed by atoms with Crippen LogP contribution < -0.4 is 5.32 Å². The van der Waals surface area contributed by atoms with Crippen LogP contribution >= 0.6 is 15.9 Å². The van der Waals surface area contributed by atoms with Crippen molar-refractivity contribution >= 4 is 15.9 Å². The number of halogens is 1. The molecule has 0 aromatic heterocycles. The van der Waals surface area contributed by atoms with Crippen LogP contribution in [0.25, 0.3) is 0 Å². The van der Waals surface area contributed by atoms with Crippen LogP contribution in [0.1, 0.15) is 38.2 Å². The van der Waals surface area contributed by atoms with Crippen LogP contribution in [0.5, 0.6) is 0 Å². The lowest BCUT2D eigenvalue weighted by molar-refractivity contribution is 0.0258. The van der Waals surface area contributed by atoms with Crippen LogP contribution in [0, 0.1) is 0 Å². The molecule has 2 aliphatic heterocycles. The molecule has 0 amide bonds. The minimum Gasteiger partial charge on any atom is -0.384 e. The molecule has 5 heteroatoms. The Labute approximate surface area is 153 Å². The summed E-state index contributed by atoms with van der Waals surface area (Å²) < 4.78 is 6.55. The van der Waals surface area contributed by atoms with Crippen molar-refractivity contribution in [2.24, 2.45) is 0 Å². The number of nitrogens with zero attached hydrogens (tertiary/aromatic N) is 1. The molecule has 2 unspecified atom stereocenters. The van der Waals surface area contributed by atoms with E-state index in [1.807, 2.05) is 31.2 Å². The first kappa shape index (κ1) is 18.3. The zero-order chi connectivity index (χ0) is 17.0. The molecule has 4 nitrogen and oxygen atoms in total. The van der Waals surface area contributed by atoms with E-state index in [-0.39, 0.29) is 0 Å². The summed E-state index contributed by atoms with van der Waals surface area (Å²) in [6, 6.07) is 9.14. The Morgan fingerprint density at radius 1 is 1.25 bits per heavy atom. The van der Waals surface area contributed by atoms with E-state index in [9.17, 15) is 5.11 Å². The van der Waals surface area contributed by atoms with E-state index in [2.05, 4.69) is 26.1 Å². The van der Waals surface area contributed by atoms with Gasteiger partial charge in [-0.15, -0.1) is 0 Å². The first-order chi connectivity index (χ1) is 11.6. The van der Waals surface area contributed by atoms with Crippen molar-refractivity contribution < 1.29 is 9.84 Å². The maximum atomic E-state index is 11.0. The molecule has 1 aromatic rings. The highest BCUT2D eigenvalue weighted by Crippen LogP contribution is 2.26. The van der Waals surface area contributed by atoms with Crippen molar-refractivity contribution in [3.63, 3.8) is 0 Å². The Hall–Kier alpha value is -0.460. The fraction of sp³-hybridized carbons (Fsp3) is 0.684. The van der Waals surface area contributed by atoms with Gasteiger partial charge in [-0.25, -0.2) is 0 Å². The highest BCUT2D eigenvalue weighted by molar-refractivity contribution is 9.10. The summed E-state index contributed by atoms with van der Waals surface area (Å²) in [6.07, 6.45) is 4.18. The van der Waals surface area contributed by atoms with Crippen LogP contribution in [0.15, 0.2) is 28.7 Å². The molecule has 3 rings (SSSR count). The van der Waals surface area contributed by atoms with Crippen molar-refractivity contribution in [1.29, 1.82) is 0 Å². The summed E-state index contributed by atoms with van der Waals surface area (Å²) in [7, 11) is 0. The second-order valence-electron chi connectivity index (χ2n) is 7.10. The summed E-state index contributed by atoms with van der Waals surface area (Å²) in [6.45, 7) is 6.74. The number of likely N-dealkylation sites (tertiary alicyclic amines) is 1. The molecule has 2 atom stereocenters. The molecule has 2 N–H and O–H groups in total. The fourth-order valence-corrected chi connectivity index (χ4v) is 4.05. The number of aliphatic hydroxyl groups is 1. The summed E-state index contributed by atoms with van der Waals surface area (Å²) in [5.74, 6) is 0. The summed E-state index contributed by atoms with van der Waals surface area (Å²) in [5.41, 5.74) is 0.193. The average Bonchev–Trinajstić information content (AvgIpc) is 3.15. The first-order valence-corrected chi connectivity index (χ1v) is 9.93. The quantitative estimate of drug-likeness (QED) is 0.775. The number of rotatable bonds is 6. The van der Waals surface area contributed by atoms with Crippen molar-refractivity contribution in [2.75, 3.05) is 32.8 Å². The molecule has 2 fully saturated rings. The monoisotopic (exact) mass is 396 g/mol. The minimum atomic E-state index is -0.795. The van der Waals surface area contributed by atoms with Crippen molar-refractivity contribution in [3.05, 3.63) is 34.3 Å². The maximum Gasteiger partial charge on any atom is 0.102 e. The van der Waals surface area contributed by atoms with Crippen LogP contribution in [0.3, 0.4) is 0 Å². The molecule has 2 aliphatic rings. The van der Waals surface area contributed by atoms with Gasteiger partial charge in [0.15, 0.2) is 0 Å². The van der Waals surface area contributed by atoms with E-state index in [1.165, 1.54) is 6.42 Å². The second kappa shape index (κ2) is 8.28. The number of hydrogen-bond donors (Lipinski definition) is 2. The van der Waals surface area contributed by atoms with Gasteiger partial charge in [-0.05, 0) is 43.4 Å². The standard InChI is InChI=1S/C19H29BrN2O2/c1-2-19(23,15-3-5-16(20)6-4-15)14-21-17-7-10-22(11-8-17)18-9-12-24-13-18/h3-6,17-18,21,23H,2,7-14H2,1H3. The third-order valence-electron chi connectivity index (χ3n) is 5.60. The van der Waals surface area contributed by atoms with Crippen molar-refractivity contribution in [3.8, 4) is 0 Å². The Balaban J connectivity index is 1.50. The fourth-order valence-electron chi connectivity index (χ4n) is 3.78. The number of ether oxygens (including phenoxy) is 1. The van der Waals surface area contributed by atoms with Gasteiger partial charge in [-0.1, -0.05) is 35.0 Å². The zero-order valence-corrected chi connectivity index (χ0v) is 16.1. The van der Waals surface area contributed by atoms with E-state index in [1.54, 1.807) is 0 Å². The summed E-state index contributed by atoms with van der Waals surface area (Å²) >= 11 is 3.46. The van der Waals surface area contributed by atoms with Crippen LogP contribution in [0.2, 0.25) is 0 Å². The molecule has 0 bridgehead atoms. The smallest absolute Gasteiger partial charge is 0.102 e. The molecule has 134 valence electrons. The topological polar surface area (TPSA) is 44.7 Å². The van der Waals surface area contributed by atoms with E-state index < -0.39 is 5.60 Å².